The van der Waals surface area contributed by atoms with Gasteiger partial charge in [-0.3, -0.25) is 0 Å². The number of aryl methyl sites for hydroxylation is 2. The Hall–Kier alpha value is -1.61. The van der Waals surface area contributed by atoms with Crippen LogP contribution in [0.2, 0.25) is 0 Å². The topological polar surface area (TPSA) is 43.8 Å². The van der Waals surface area contributed by atoms with E-state index in [1.54, 1.807) is 0 Å². The molecule has 1 aromatic heterocycles. The number of aromatic nitrogens is 2. The van der Waals surface area contributed by atoms with Gasteiger partial charge in [0.25, 0.3) is 0 Å². The van der Waals surface area contributed by atoms with E-state index in [9.17, 15) is 0 Å². The standard InChI is InChI=1S/C12H15N3/c1-9-8-15(14-10(9)2)12-5-3-11(7-13)4-6-12/h3-6,8H,7,13H2,1-2H3. The number of benzene rings is 1. The molecule has 0 aliphatic rings. The van der Waals surface area contributed by atoms with Crippen molar-refractivity contribution in [2.45, 2.75) is 20.4 Å². The Labute approximate surface area is 89.5 Å². The molecule has 3 heteroatoms. The minimum atomic E-state index is 0.581. The summed E-state index contributed by atoms with van der Waals surface area (Å²) in [5, 5.41) is 4.42. The number of nitrogens with two attached hydrogens (primary N) is 1. The van der Waals surface area contributed by atoms with Gasteiger partial charge >= 0.3 is 0 Å². The van der Waals surface area contributed by atoms with Gasteiger partial charge in [0, 0.05) is 12.7 Å². The van der Waals surface area contributed by atoms with Crippen molar-refractivity contribution in [1.82, 2.24) is 9.78 Å². The summed E-state index contributed by atoms with van der Waals surface area (Å²) >= 11 is 0. The van der Waals surface area contributed by atoms with Crippen LogP contribution in [0.5, 0.6) is 0 Å². The second kappa shape index (κ2) is 3.87. The molecule has 0 bridgehead atoms. The second-order valence-electron chi connectivity index (χ2n) is 3.71. The zero-order valence-corrected chi connectivity index (χ0v) is 9.07. The average Bonchev–Trinajstić information content (AvgIpc) is 2.59. The van der Waals surface area contributed by atoms with Crippen LogP contribution in [-0.2, 0) is 6.54 Å². The first kappa shape index (κ1) is 9.93. The molecule has 3 nitrogen and oxygen atoms in total. The zero-order chi connectivity index (χ0) is 10.8. The Morgan fingerprint density at radius 1 is 1.20 bits per heavy atom. The monoisotopic (exact) mass is 201 g/mol. The maximum atomic E-state index is 5.54. The quantitative estimate of drug-likeness (QED) is 0.807. The third kappa shape index (κ3) is 1.92. The molecular formula is C12H15N3. The summed E-state index contributed by atoms with van der Waals surface area (Å²) in [5.41, 5.74) is 10.0. The molecule has 0 aliphatic carbocycles. The van der Waals surface area contributed by atoms with Gasteiger partial charge in [0.1, 0.15) is 0 Å². The van der Waals surface area contributed by atoms with Crippen molar-refractivity contribution >= 4 is 0 Å². The van der Waals surface area contributed by atoms with Crippen molar-refractivity contribution in [3.63, 3.8) is 0 Å². The summed E-state index contributed by atoms with van der Waals surface area (Å²) in [6.07, 6.45) is 2.03. The van der Waals surface area contributed by atoms with Crippen LogP contribution in [0, 0.1) is 13.8 Å². The zero-order valence-electron chi connectivity index (χ0n) is 9.07. The summed E-state index contributed by atoms with van der Waals surface area (Å²) < 4.78 is 1.89. The predicted molar refractivity (Wildman–Crippen MR) is 60.9 cm³/mol. The van der Waals surface area contributed by atoms with Gasteiger partial charge in [-0.15, -0.1) is 0 Å². The number of rotatable bonds is 2. The SMILES string of the molecule is Cc1cn(-c2ccc(CN)cc2)nc1C. The lowest BCUT2D eigenvalue weighted by molar-refractivity contribution is 0.861. The molecule has 2 aromatic rings. The van der Waals surface area contributed by atoms with Crippen molar-refractivity contribution in [3.8, 4) is 5.69 Å². The maximum absolute atomic E-state index is 5.54. The van der Waals surface area contributed by atoms with Crippen molar-refractivity contribution in [3.05, 3.63) is 47.3 Å². The largest absolute Gasteiger partial charge is 0.326 e. The molecule has 0 aliphatic heterocycles. The fourth-order valence-corrected chi connectivity index (χ4v) is 1.46. The molecule has 1 heterocycles. The molecule has 15 heavy (non-hydrogen) atoms. The molecule has 1 aromatic carbocycles. The molecule has 0 saturated heterocycles. The van der Waals surface area contributed by atoms with E-state index in [2.05, 4.69) is 12.0 Å². The normalized spacial score (nSPS) is 10.6. The van der Waals surface area contributed by atoms with E-state index in [0.29, 0.717) is 6.54 Å². The minimum Gasteiger partial charge on any atom is -0.326 e. The van der Waals surface area contributed by atoms with Gasteiger partial charge in [-0.05, 0) is 37.1 Å². The predicted octanol–water partition coefficient (Wildman–Crippen LogP) is 1.95. The van der Waals surface area contributed by atoms with Crippen molar-refractivity contribution in [1.29, 1.82) is 0 Å². The third-order valence-electron chi connectivity index (χ3n) is 2.58. The van der Waals surface area contributed by atoms with Gasteiger partial charge in [0.05, 0.1) is 11.4 Å². The Morgan fingerprint density at radius 2 is 1.87 bits per heavy atom. The van der Waals surface area contributed by atoms with Crippen LogP contribution >= 0.6 is 0 Å². The van der Waals surface area contributed by atoms with E-state index in [0.717, 1.165) is 16.9 Å². The molecule has 2 rings (SSSR count). The number of hydrogen-bond donors (Lipinski definition) is 1. The summed E-state index contributed by atoms with van der Waals surface area (Å²) in [6.45, 7) is 4.66. The van der Waals surface area contributed by atoms with Gasteiger partial charge in [0.15, 0.2) is 0 Å². The lowest BCUT2D eigenvalue weighted by atomic mass is 10.2. The van der Waals surface area contributed by atoms with Crippen LogP contribution in [0.3, 0.4) is 0 Å². The Morgan fingerprint density at radius 3 is 2.33 bits per heavy atom. The fourth-order valence-electron chi connectivity index (χ4n) is 1.46. The average molecular weight is 201 g/mol. The van der Waals surface area contributed by atoms with E-state index in [-0.39, 0.29) is 0 Å². The highest BCUT2D eigenvalue weighted by Crippen LogP contribution is 2.11. The summed E-state index contributed by atoms with van der Waals surface area (Å²) in [4.78, 5) is 0. The summed E-state index contributed by atoms with van der Waals surface area (Å²) in [6, 6.07) is 8.13. The lowest BCUT2D eigenvalue weighted by Crippen LogP contribution is -1.98. The van der Waals surface area contributed by atoms with E-state index in [1.807, 2.05) is 42.1 Å². The van der Waals surface area contributed by atoms with E-state index >= 15 is 0 Å². The van der Waals surface area contributed by atoms with Crippen molar-refractivity contribution in [2.24, 2.45) is 5.73 Å². The fraction of sp³-hybridized carbons (Fsp3) is 0.250. The Kier molecular flexibility index (Phi) is 2.56. The first-order chi connectivity index (χ1) is 7.20. The molecule has 0 fully saturated rings. The Bertz CT molecular complexity index is 435. The molecule has 0 saturated carbocycles. The van der Waals surface area contributed by atoms with Crippen LogP contribution in [0.1, 0.15) is 16.8 Å². The van der Waals surface area contributed by atoms with Gasteiger partial charge in [-0.1, -0.05) is 12.1 Å². The first-order valence-electron chi connectivity index (χ1n) is 5.03. The molecule has 2 N–H and O–H groups in total. The lowest BCUT2D eigenvalue weighted by Gasteiger charge is -2.02. The molecular weight excluding hydrogens is 186 g/mol. The van der Waals surface area contributed by atoms with Crippen LogP contribution in [-0.4, -0.2) is 9.78 Å². The highest BCUT2D eigenvalue weighted by Gasteiger charge is 2.01. The molecule has 0 atom stereocenters. The molecule has 0 unspecified atom stereocenters. The minimum absolute atomic E-state index is 0.581. The van der Waals surface area contributed by atoms with E-state index < -0.39 is 0 Å². The first-order valence-corrected chi connectivity index (χ1v) is 5.03. The summed E-state index contributed by atoms with van der Waals surface area (Å²) in [7, 11) is 0. The maximum Gasteiger partial charge on any atom is 0.0645 e. The van der Waals surface area contributed by atoms with Gasteiger partial charge in [-0.25, -0.2) is 4.68 Å². The summed E-state index contributed by atoms with van der Waals surface area (Å²) in [5.74, 6) is 0. The molecule has 78 valence electrons. The Balaban J connectivity index is 2.37. The van der Waals surface area contributed by atoms with Gasteiger partial charge in [-0.2, -0.15) is 5.10 Å². The smallest absolute Gasteiger partial charge is 0.0645 e. The second-order valence-corrected chi connectivity index (χ2v) is 3.71. The van der Waals surface area contributed by atoms with Crippen LogP contribution in [0.15, 0.2) is 30.5 Å². The third-order valence-corrected chi connectivity index (χ3v) is 2.58. The molecule has 0 amide bonds. The van der Waals surface area contributed by atoms with Crippen LogP contribution in [0.25, 0.3) is 5.69 Å². The highest BCUT2D eigenvalue weighted by atomic mass is 15.3. The molecule has 0 spiro atoms. The van der Waals surface area contributed by atoms with E-state index in [4.69, 9.17) is 5.73 Å². The van der Waals surface area contributed by atoms with E-state index in [1.165, 1.54) is 5.56 Å². The number of nitrogens with zero attached hydrogens (tertiary/aromatic N) is 2. The van der Waals surface area contributed by atoms with Gasteiger partial charge < -0.3 is 5.73 Å². The molecule has 0 radical (unpaired) electrons. The highest BCUT2D eigenvalue weighted by molar-refractivity contribution is 5.35. The van der Waals surface area contributed by atoms with Crippen LogP contribution in [0.4, 0.5) is 0 Å². The van der Waals surface area contributed by atoms with Crippen molar-refractivity contribution < 1.29 is 0 Å². The van der Waals surface area contributed by atoms with Crippen molar-refractivity contribution in [2.75, 3.05) is 0 Å². The number of hydrogen-bond acceptors (Lipinski definition) is 2. The van der Waals surface area contributed by atoms with Gasteiger partial charge in [0.2, 0.25) is 0 Å². The van der Waals surface area contributed by atoms with Crippen LogP contribution < -0.4 is 5.73 Å².